The van der Waals surface area contributed by atoms with E-state index in [4.69, 9.17) is 0 Å². The first kappa shape index (κ1) is 14.4. The molecule has 0 radical (unpaired) electrons. The van der Waals surface area contributed by atoms with E-state index in [0.29, 0.717) is 13.1 Å². The number of nitrogens with one attached hydrogen (secondary N) is 2. The third-order valence-corrected chi connectivity index (χ3v) is 4.00. The summed E-state index contributed by atoms with van der Waals surface area (Å²) in [6, 6.07) is 0.190. The van der Waals surface area contributed by atoms with Gasteiger partial charge in [-0.1, -0.05) is 0 Å². The zero-order valence-corrected chi connectivity index (χ0v) is 12.2. The molecule has 108 valence electrons. The minimum Gasteiger partial charge on any atom is -0.337 e. The van der Waals surface area contributed by atoms with Gasteiger partial charge in [-0.3, -0.25) is 4.90 Å². The van der Waals surface area contributed by atoms with Crippen molar-refractivity contribution in [2.75, 3.05) is 39.0 Å². The number of piperazine rings is 1. The van der Waals surface area contributed by atoms with Crippen LogP contribution in [0.1, 0.15) is 11.9 Å². The Morgan fingerprint density at radius 1 is 1.58 bits per heavy atom. The van der Waals surface area contributed by atoms with Gasteiger partial charge < -0.3 is 9.88 Å². The Hall–Kier alpha value is -0.960. The second-order valence-corrected chi connectivity index (χ2v) is 6.65. The normalized spacial score (nSPS) is 21.7. The molecular formula is C11H21N5O2S. The van der Waals surface area contributed by atoms with Crippen molar-refractivity contribution in [3.05, 3.63) is 18.2 Å². The maximum Gasteiger partial charge on any atom is 0.208 e. The maximum absolute atomic E-state index is 11.1. The van der Waals surface area contributed by atoms with Crippen LogP contribution in [-0.2, 0) is 17.1 Å². The van der Waals surface area contributed by atoms with Gasteiger partial charge in [0.05, 0.1) is 12.3 Å². The lowest BCUT2D eigenvalue weighted by Gasteiger charge is -2.35. The van der Waals surface area contributed by atoms with Gasteiger partial charge in [0.25, 0.3) is 0 Å². The number of sulfonamides is 1. The summed E-state index contributed by atoms with van der Waals surface area (Å²) in [5.74, 6) is 1.01. The van der Waals surface area contributed by atoms with E-state index in [1.807, 2.05) is 17.8 Å². The van der Waals surface area contributed by atoms with Gasteiger partial charge in [0.15, 0.2) is 0 Å². The molecule has 0 aliphatic carbocycles. The van der Waals surface area contributed by atoms with E-state index in [-0.39, 0.29) is 6.04 Å². The molecule has 1 saturated heterocycles. The van der Waals surface area contributed by atoms with Crippen LogP contribution < -0.4 is 10.0 Å². The predicted octanol–water partition coefficient (Wildman–Crippen LogP) is -1.08. The van der Waals surface area contributed by atoms with Gasteiger partial charge in [0.1, 0.15) is 5.82 Å². The number of rotatable bonds is 5. The topological polar surface area (TPSA) is 79.3 Å². The molecule has 1 atom stereocenters. The third kappa shape index (κ3) is 4.00. The van der Waals surface area contributed by atoms with Crippen LogP contribution in [0, 0.1) is 0 Å². The molecule has 0 saturated carbocycles. The first-order chi connectivity index (χ1) is 8.97. The maximum atomic E-state index is 11.1. The fourth-order valence-corrected chi connectivity index (χ4v) is 2.80. The summed E-state index contributed by atoms with van der Waals surface area (Å²) in [6.45, 7) is 3.76. The van der Waals surface area contributed by atoms with Crippen LogP contribution in [0.25, 0.3) is 0 Å². The number of hydrogen-bond acceptors (Lipinski definition) is 5. The van der Waals surface area contributed by atoms with E-state index < -0.39 is 10.0 Å². The summed E-state index contributed by atoms with van der Waals surface area (Å²) >= 11 is 0. The lowest BCUT2D eigenvalue weighted by Crippen LogP contribution is -2.49. The molecule has 7 nitrogen and oxygen atoms in total. The number of aromatic nitrogens is 2. The second kappa shape index (κ2) is 6.00. The van der Waals surface area contributed by atoms with Crippen LogP contribution >= 0.6 is 0 Å². The van der Waals surface area contributed by atoms with E-state index in [2.05, 4.69) is 19.9 Å². The SMILES string of the molecule is Cn1ccnc1C1CNCCN1CCNS(C)(=O)=O. The van der Waals surface area contributed by atoms with Gasteiger partial charge in [-0.25, -0.2) is 18.1 Å². The minimum atomic E-state index is -3.12. The van der Waals surface area contributed by atoms with Crippen LogP contribution in [0.2, 0.25) is 0 Å². The molecule has 0 spiro atoms. The number of hydrogen-bond donors (Lipinski definition) is 2. The van der Waals surface area contributed by atoms with Gasteiger partial charge in [-0.15, -0.1) is 0 Å². The van der Waals surface area contributed by atoms with Gasteiger partial charge in [0.2, 0.25) is 10.0 Å². The fourth-order valence-electron chi connectivity index (χ4n) is 2.34. The molecule has 1 aromatic rings. The van der Waals surface area contributed by atoms with Crippen molar-refractivity contribution < 1.29 is 8.42 Å². The molecule has 1 aliphatic heterocycles. The monoisotopic (exact) mass is 287 g/mol. The van der Waals surface area contributed by atoms with E-state index in [9.17, 15) is 8.42 Å². The molecule has 0 bridgehead atoms. The van der Waals surface area contributed by atoms with Gasteiger partial charge in [-0.2, -0.15) is 0 Å². The Kier molecular flexibility index (Phi) is 4.56. The highest BCUT2D eigenvalue weighted by molar-refractivity contribution is 7.88. The molecule has 1 fully saturated rings. The number of imidazole rings is 1. The highest BCUT2D eigenvalue weighted by Crippen LogP contribution is 2.19. The van der Waals surface area contributed by atoms with Crippen molar-refractivity contribution in [1.29, 1.82) is 0 Å². The Labute approximate surface area is 114 Å². The number of aryl methyl sites for hydroxylation is 1. The van der Waals surface area contributed by atoms with E-state index >= 15 is 0 Å². The van der Waals surface area contributed by atoms with E-state index in [1.54, 1.807) is 6.20 Å². The van der Waals surface area contributed by atoms with Crippen molar-refractivity contribution in [2.45, 2.75) is 6.04 Å². The Morgan fingerprint density at radius 3 is 3.00 bits per heavy atom. The molecule has 8 heteroatoms. The standard InChI is InChI=1S/C11H21N5O2S/c1-15-6-4-13-11(15)10-9-12-3-7-16(10)8-5-14-19(2,17)18/h4,6,10,12,14H,3,5,7-9H2,1-2H3. The van der Waals surface area contributed by atoms with Gasteiger partial charge >= 0.3 is 0 Å². The fraction of sp³-hybridized carbons (Fsp3) is 0.727. The van der Waals surface area contributed by atoms with Gasteiger partial charge in [-0.05, 0) is 0 Å². The first-order valence-electron chi connectivity index (χ1n) is 6.34. The summed E-state index contributed by atoms with van der Waals surface area (Å²) in [5, 5.41) is 3.35. The second-order valence-electron chi connectivity index (χ2n) is 4.82. The van der Waals surface area contributed by atoms with E-state index in [1.165, 1.54) is 6.26 Å². The summed E-state index contributed by atoms with van der Waals surface area (Å²) in [5.41, 5.74) is 0. The summed E-state index contributed by atoms with van der Waals surface area (Å²) < 4.78 is 26.7. The van der Waals surface area contributed by atoms with Crippen molar-refractivity contribution in [3.8, 4) is 0 Å². The summed E-state index contributed by atoms with van der Waals surface area (Å²) in [6.07, 6.45) is 4.90. The highest BCUT2D eigenvalue weighted by Gasteiger charge is 2.26. The van der Waals surface area contributed by atoms with Crippen LogP contribution in [-0.4, -0.2) is 61.8 Å². The third-order valence-electron chi connectivity index (χ3n) is 3.27. The van der Waals surface area contributed by atoms with Crippen molar-refractivity contribution in [1.82, 2.24) is 24.5 Å². The molecule has 0 aromatic carbocycles. The average molecular weight is 287 g/mol. The average Bonchev–Trinajstić information content (AvgIpc) is 2.74. The molecule has 2 N–H and O–H groups in total. The smallest absolute Gasteiger partial charge is 0.208 e. The molecular weight excluding hydrogens is 266 g/mol. The van der Waals surface area contributed by atoms with Gasteiger partial charge in [0, 0.05) is 52.2 Å². The quantitative estimate of drug-likeness (QED) is 0.720. The Bertz CT molecular complexity index is 513. The molecule has 1 aliphatic rings. The first-order valence-corrected chi connectivity index (χ1v) is 8.23. The molecule has 2 heterocycles. The van der Waals surface area contributed by atoms with Crippen molar-refractivity contribution >= 4 is 10.0 Å². The molecule has 19 heavy (non-hydrogen) atoms. The molecule has 1 unspecified atom stereocenters. The number of nitrogens with zero attached hydrogens (tertiary/aromatic N) is 3. The van der Waals surface area contributed by atoms with Crippen LogP contribution in [0.3, 0.4) is 0 Å². The van der Waals surface area contributed by atoms with Crippen LogP contribution in [0.4, 0.5) is 0 Å². The van der Waals surface area contributed by atoms with Crippen molar-refractivity contribution in [3.63, 3.8) is 0 Å². The lowest BCUT2D eigenvalue weighted by molar-refractivity contribution is 0.156. The van der Waals surface area contributed by atoms with Crippen LogP contribution in [0.5, 0.6) is 0 Å². The summed E-state index contributed by atoms with van der Waals surface area (Å²) in [4.78, 5) is 6.65. The Morgan fingerprint density at radius 2 is 2.37 bits per heavy atom. The minimum absolute atomic E-state index is 0.190. The zero-order valence-electron chi connectivity index (χ0n) is 11.3. The van der Waals surface area contributed by atoms with Crippen molar-refractivity contribution in [2.24, 2.45) is 7.05 Å². The molecule has 1 aromatic heterocycles. The molecule has 2 rings (SSSR count). The zero-order chi connectivity index (χ0) is 13.9. The predicted molar refractivity (Wildman–Crippen MR) is 73.2 cm³/mol. The Balaban J connectivity index is 1.99. The summed E-state index contributed by atoms with van der Waals surface area (Å²) in [7, 11) is -1.14. The van der Waals surface area contributed by atoms with Crippen LogP contribution in [0.15, 0.2) is 12.4 Å². The van der Waals surface area contributed by atoms with E-state index in [0.717, 1.165) is 25.5 Å². The lowest BCUT2D eigenvalue weighted by atomic mass is 10.2. The highest BCUT2D eigenvalue weighted by atomic mass is 32.2. The molecule has 0 amide bonds. The largest absolute Gasteiger partial charge is 0.337 e.